The number of nitrogens with one attached hydrogen (secondary N) is 1. The summed E-state index contributed by atoms with van der Waals surface area (Å²) < 4.78 is 0. The topological polar surface area (TPSA) is 79.1 Å². The number of aliphatic carboxylic acids is 1. The lowest BCUT2D eigenvalue weighted by Gasteiger charge is -2.03. The van der Waals surface area contributed by atoms with Crippen LogP contribution < -0.4 is 5.73 Å². The minimum Gasteiger partial charge on any atom is -0.480 e. The van der Waals surface area contributed by atoms with E-state index < -0.39 is 12.0 Å². The van der Waals surface area contributed by atoms with Gasteiger partial charge in [0.25, 0.3) is 0 Å². The number of benzene rings is 1. The molecule has 1 unspecified atom stereocenters. The average Bonchev–Trinajstić information content (AvgIpc) is 2.61. The lowest BCUT2D eigenvalue weighted by molar-refractivity contribution is -0.138. The van der Waals surface area contributed by atoms with Crippen molar-refractivity contribution in [2.45, 2.75) is 12.5 Å². The fraction of sp³-hybridized carbons (Fsp3) is 0.182. The van der Waals surface area contributed by atoms with Crippen molar-refractivity contribution in [1.29, 1.82) is 0 Å². The second-order valence-electron chi connectivity index (χ2n) is 3.65. The number of aromatic nitrogens is 1. The molecule has 5 heteroatoms. The van der Waals surface area contributed by atoms with Gasteiger partial charge in [0.15, 0.2) is 0 Å². The third kappa shape index (κ3) is 2.03. The maximum atomic E-state index is 10.6. The summed E-state index contributed by atoms with van der Waals surface area (Å²) in [5.74, 6) is -1.01. The van der Waals surface area contributed by atoms with Gasteiger partial charge in [-0.05, 0) is 12.1 Å². The fourth-order valence-corrected chi connectivity index (χ4v) is 1.84. The second-order valence-corrected chi connectivity index (χ2v) is 4.05. The largest absolute Gasteiger partial charge is 0.480 e. The molecule has 1 heterocycles. The zero-order chi connectivity index (χ0) is 11.7. The number of rotatable bonds is 3. The minimum absolute atomic E-state index is 0.264. The lowest BCUT2D eigenvalue weighted by Crippen LogP contribution is -2.32. The van der Waals surface area contributed by atoms with Gasteiger partial charge in [-0.2, -0.15) is 0 Å². The van der Waals surface area contributed by atoms with E-state index in [1.165, 1.54) is 0 Å². The molecule has 2 rings (SSSR count). The highest BCUT2D eigenvalue weighted by molar-refractivity contribution is 6.35. The van der Waals surface area contributed by atoms with Crippen molar-refractivity contribution < 1.29 is 9.90 Å². The van der Waals surface area contributed by atoms with Crippen molar-refractivity contribution in [3.05, 3.63) is 35.0 Å². The summed E-state index contributed by atoms with van der Waals surface area (Å²) in [7, 11) is 0. The molecule has 0 aliphatic rings. The molecule has 1 aromatic heterocycles. The maximum absolute atomic E-state index is 10.6. The molecule has 16 heavy (non-hydrogen) atoms. The van der Waals surface area contributed by atoms with E-state index in [1.54, 1.807) is 6.07 Å². The summed E-state index contributed by atoms with van der Waals surface area (Å²) in [6.07, 6.45) is 0.264. The highest BCUT2D eigenvalue weighted by Gasteiger charge is 2.13. The number of carbonyl (C=O) groups is 1. The van der Waals surface area contributed by atoms with Crippen LogP contribution in [0.2, 0.25) is 5.02 Å². The Balaban J connectivity index is 2.33. The Morgan fingerprint density at radius 3 is 2.94 bits per heavy atom. The van der Waals surface area contributed by atoms with E-state index in [4.69, 9.17) is 22.4 Å². The van der Waals surface area contributed by atoms with Gasteiger partial charge in [0, 0.05) is 17.5 Å². The van der Waals surface area contributed by atoms with Gasteiger partial charge in [-0.3, -0.25) is 4.79 Å². The molecule has 0 aliphatic carbocycles. The summed E-state index contributed by atoms with van der Waals surface area (Å²) in [6.45, 7) is 0. The van der Waals surface area contributed by atoms with E-state index in [0.29, 0.717) is 5.02 Å². The molecule has 1 atom stereocenters. The van der Waals surface area contributed by atoms with Crippen LogP contribution in [0.4, 0.5) is 0 Å². The predicted octanol–water partition coefficient (Wildman–Crippen LogP) is 1.78. The molecule has 0 radical (unpaired) electrons. The normalized spacial score (nSPS) is 12.9. The van der Waals surface area contributed by atoms with Crippen LogP contribution in [-0.4, -0.2) is 22.1 Å². The van der Waals surface area contributed by atoms with Crippen molar-refractivity contribution in [2.75, 3.05) is 0 Å². The SMILES string of the molecule is NC(Cc1cc2cccc(Cl)c2[nH]1)C(=O)O. The number of aromatic amines is 1. The quantitative estimate of drug-likeness (QED) is 0.763. The first-order valence-corrected chi connectivity index (χ1v) is 5.20. The van der Waals surface area contributed by atoms with Crippen LogP contribution in [0, 0.1) is 0 Å². The van der Waals surface area contributed by atoms with Crippen molar-refractivity contribution >= 4 is 28.5 Å². The average molecular weight is 239 g/mol. The molecular formula is C11H11ClN2O2. The monoisotopic (exact) mass is 238 g/mol. The lowest BCUT2D eigenvalue weighted by atomic mass is 10.1. The molecule has 84 valence electrons. The highest BCUT2D eigenvalue weighted by atomic mass is 35.5. The van der Waals surface area contributed by atoms with Gasteiger partial charge in [-0.25, -0.2) is 0 Å². The number of nitrogens with two attached hydrogens (primary N) is 1. The number of halogens is 1. The molecule has 4 N–H and O–H groups in total. The maximum Gasteiger partial charge on any atom is 0.320 e. The van der Waals surface area contributed by atoms with Crippen LogP contribution in [0.15, 0.2) is 24.3 Å². The fourth-order valence-electron chi connectivity index (χ4n) is 1.61. The van der Waals surface area contributed by atoms with Gasteiger partial charge in [-0.1, -0.05) is 23.7 Å². The third-order valence-corrected chi connectivity index (χ3v) is 2.73. The van der Waals surface area contributed by atoms with Crippen molar-refractivity contribution in [3.8, 4) is 0 Å². The third-order valence-electron chi connectivity index (χ3n) is 2.42. The molecule has 0 saturated carbocycles. The van der Waals surface area contributed by atoms with Crippen molar-refractivity contribution in [1.82, 2.24) is 4.98 Å². The minimum atomic E-state index is -1.01. The molecule has 0 saturated heterocycles. The Kier molecular flexibility index (Phi) is 2.85. The zero-order valence-corrected chi connectivity index (χ0v) is 9.16. The molecule has 4 nitrogen and oxygen atoms in total. The van der Waals surface area contributed by atoms with Crippen LogP contribution in [-0.2, 0) is 11.2 Å². The Morgan fingerprint density at radius 2 is 2.31 bits per heavy atom. The number of carboxylic acid groups (broad SMARTS) is 1. The Hall–Kier alpha value is -1.52. The van der Waals surface area contributed by atoms with Crippen LogP contribution in [0.3, 0.4) is 0 Å². The molecule has 2 aromatic rings. The molecule has 0 aliphatic heterocycles. The molecule has 0 amide bonds. The molecule has 0 fully saturated rings. The Bertz CT molecular complexity index is 536. The number of fused-ring (bicyclic) bond motifs is 1. The zero-order valence-electron chi connectivity index (χ0n) is 8.40. The smallest absolute Gasteiger partial charge is 0.320 e. The molecule has 0 bridgehead atoms. The van der Waals surface area contributed by atoms with Gasteiger partial charge in [0.1, 0.15) is 6.04 Å². The van der Waals surface area contributed by atoms with Crippen molar-refractivity contribution in [3.63, 3.8) is 0 Å². The Morgan fingerprint density at radius 1 is 1.56 bits per heavy atom. The summed E-state index contributed by atoms with van der Waals surface area (Å²) in [5.41, 5.74) is 7.05. The summed E-state index contributed by atoms with van der Waals surface area (Å²) in [4.78, 5) is 13.7. The van der Waals surface area contributed by atoms with E-state index >= 15 is 0 Å². The van der Waals surface area contributed by atoms with E-state index in [2.05, 4.69) is 4.98 Å². The molecule has 1 aromatic carbocycles. The van der Waals surface area contributed by atoms with Gasteiger partial charge in [0.2, 0.25) is 0 Å². The number of H-pyrrole nitrogens is 1. The highest BCUT2D eigenvalue weighted by Crippen LogP contribution is 2.23. The summed E-state index contributed by atoms with van der Waals surface area (Å²) >= 11 is 5.99. The van der Waals surface area contributed by atoms with Crippen LogP contribution >= 0.6 is 11.6 Å². The summed E-state index contributed by atoms with van der Waals surface area (Å²) in [6, 6.07) is 6.50. The van der Waals surface area contributed by atoms with Gasteiger partial charge < -0.3 is 15.8 Å². The Labute approximate surface area is 97.0 Å². The molecule has 0 spiro atoms. The number of hydrogen-bond acceptors (Lipinski definition) is 2. The van der Waals surface area contributed by atoms with E-state index in [-0.39, 0.29) is 6.42 Å². The van der Waals surface area contributed by atoms with E-state index in [1.807, 2.05) is 18.2 Å². The van der Waals surface area contributed by atoms with Gasteiger partial charge in [0.05, 0.1) is 10.5 Å². The predicted molar refractivity (Wildman–Crippen MR) is 62.6 cm³/mol. The first-order valence-electron chi connectivity index (χ1n) is 4.82. The first kappa shape index (κ1) is 11.0. The number of carboxylic acids is 1. The van der Waals surface area contributed by atoms with E-state index in [0.717, 1.165) is 16.6 Å². The second kappa shape index (κ2) is 4.15. The number of para-hydroxylation sites is 1. The van der Waals surface area contributed by atoms with Crippen molar-refractivity contribution in [2.24, 2.45) is 5.73 Å². The first-order chi connectivity index (χ1) is 7.58. The van der Waals surface area contributed by atoms with Crippen LogP contribution in [0.5, 0.6) is 0 Å². The van der Waals surface area contributed by atoms with Gasteiger partial charge in [-0.15, -0.1) is 0 Å². The standard InChI is InChI=1S/C11H11ClN2O2/c12-8-3-1-2-6-4-7(14-10(6)8)5-9(13)11(15)16/h1-4,9,14H,5,13H2,(H,15,16). The van der Waals surface area contributed by atoms with Crippen LogP contribution in [0.1, 0.15) is 5.69 Å². The summed E-state index contributed by atoms with van der Waals surface area (Å²) in [5, 5.41) is 10.3. The van der Waals surface area contributed by atoms with Crippen LogP contribution in [0.25, 0.3) is 10.9 Å². The molecular weight excluding hydrogens is 228 g/mol. The van der Waals surface area contributed by atoms with E-state index in [9.17, 15) is 4.79 Å². The number of hydrogen-bond donors (Lipinski definition) is 3. The van der Waals surface area contributed by atoms with Gasteiger partial charge >= 0.3 is 5.97 Å².